The van der Waals surface area contributed by atoms with Crippen LogP contribution in [0.25, 0.3) is 0 Å². The van der Waals surface area contributed by atoms with E-state index >= 15 is 0 Å². The third-order valence-electron chi connectivity index (χ3n) is 3.00. The Morgan fingerprint density at radius 2 is 2.25 bits per heavy atom. The number of halogens is 2. The molecule has 1 aliphatic rings. The van der Waals surface area contributed by atoms with Crippen LogP contribution in [0.1, 0.15) is 24.8 Å². The van der Waals surface area contributed by atoms with Crippen LogP contribution in [0.15, 0.2) is 28.8 Å². The van der Waals surface area contributed by atoms with Gasteiger partial charge in [0.2, 0.25) is 5.91 Å². The summed E-state index contributed by atoms with van der Waals surface area (Å²) in [5.74, 6) is 0.326. The molecule has 1 amide bonds. The molecule has 104 valence electrons. The molecule has 1 N–H and O–H groups in total. The van der Waals surface area contributed by atoms with Crippen molar-refractivity contribution in [2.24, 2.45) is 0 Å². The Labute approximate surface area is 131 Å². The average molecular weight is 327 g/mol. The van der Waals surface area contributed by atoms with Crippen LogP contribution in [0.2, 0.25) is 10.0 Å². The molecule has 0 aliphatic carbocycles. The zero-order chi connectivity index (χ0) is 14.7. The summed E-state index contributed by atoms with van der Waals surface area (Å²) >= 11 is 13.7. The van der Waals surface area contributed by atoms with Gasteiger partial charge in [-0.15, -0.1) is 11.8 Å². The number of nitrogens with one attached hydrogen (secondary N) is 1. The molecule has 2 rings (SSSR count). The van der Waals surface area contributed by atoms with Gasteiger partial charge in [-0.1, -0.05) is 42.3 Å². The van der Waals surface area contributed by atoms with Crippen LogP contribution in [0.4, 0.5) is 0 Å². The quantitative estimate of drug-likeness (QED) is 0.910. The number of carbonyl (C=O) groups is 1. The summed E-state index contributed by atoms with van der Waals surface area (Å²) in [4.78, 5) is 11.8. The van der Waals surface area contributed by atoms with E-state index < -0.39 is 0 Å². The Morgan fingerprint density at radius 3 is 2.90 bits per heavy atom. The lowest BCUT2D eigenvalue weighted by molar-refractivity contribution is -0.120. The predicted molar refractivity (Wildman–Crippen MR) is 82.7 cm³/mol. The molecule has 0 bridgehead atoms. The summed E-state index contributed by atoms with van der Waals surface area (Å²) in [5, 5.41) is 13.6. The smallest absolute Gasteiger partial charge is 0.225 e. The molecular weight excluding hydrogens is 315 g/mol. The first-order valence-corrected chi connectivity index (χ1v) is 7.83. The maximum Gasteiger partial charge on any atom is 0.225 e. The summed E-state index contributed by atoms with van der Waals surface area (Å²) in [6.45, 7) is 1.97. The van der Waals surface area contributed by atoms with E-state index in [1.54, 1.807) is 12.1 Å². The van der Waals surface area contributed by atoms with Crippen LogP contribution < -0.4 is 5.32 Å². The van der Waals surface area contributed by atoms with Crippen molar-refractivity contribution in [1.82, 2.24) is 5.32 Å². The Balaban J connectivity index is 2.53. The molecule has 0 saturated heterocycles. The number of carbonyl (C=O) groups excluding carboxylic acids is 1. The van der Waals surface area contributed by atoms with Gasteiger partial charge in [-0.05, 0) is 17.4 Å². The minimum Gasteiger partial charge on any atom is -0.320 e. The number of hydrogen-bond donors (Lipinski definition) is 1. The maximum absolute atomic E-state index is 11.8. The second-order valence-corrected chi connectivity index (χ2v) is 6.29. The van der Waals surface area contributed by atoms with Gasteiger partial charge in [0.25, 0.3) is 0 Å². The van der Waals surface area contributed by atoms with E-state index in [1.807, 2.05) is 13.0 Å². The monoisotopic (exact) mass is 326 g/mol. The molecule has 3 nitrogen and oxygen atoms in total. The molecule has 1 atom stereocenters. The van der Waals surface area contributed by atoms with E-state index in [2.05, 4.69) is 11.4 Å². The van der Waals surface area contributed by atoms with Crippen LogP contribution in [-0.2, 0) is 4.79 Å². The lowest BCUT2D eigenvalue weighted by Crippen LogP contribution is -2.31. The fraction of sp³-hybridized carbons (Fsp3) is 0.286. The minimum atomic E-state index is -0.339. The summed E-state index contributed by atoms with van der Waals surface area (Å²) in [6, 6.07) is 7.47. The van der Waals surface area contributed by atoms with Crippen molar-refractivity contribution in [2.75, 3.05) is 5.75 Å². The minimum absolute atomic E-state index is 0.110. The highest BCUT2D eigenvalue weighted by Crippen LogP contribution is 2.40. The highest BCUT2D eigenvalue weighted by atomic mass is 35.5. The number of allylic oxidation sites excluding steroid dienone is 1. The van der Waals surface area contributed by atoms with Gasteiger partial charge in [0.15, 0.2) is 0 Å². The molecular formula is C14H12Cl2N2OS. The fourth-order valence-corrected chi connectivity index (χ4v) is 3.39. The van der Waals surface area contributed by atoms with Crippen molar-refractivity contribution in [3.8, 4) is 6.07 Å². The molecule has 1 aliphatic heterocycles. The Morgan fingerprint density at radius 1 is 1.50 bits per heavy atom. The Kier molecular flexibility index (Phi) is 4.98. The topological polar surface area (TPSA) is 52.9 Å². The lowest BCUT2D eigenvalue weighted by Gasteiger charge is -2.25. The van der Waals surface area contributed by atoms with Gasteiger partial charge in [-0.3, -0.25) is 4.79 Å². The molecule has 20 heavy (non-hydrogen) atoms. The molecule has 6 heteroatoms. The second-order valence-electron chi connectivity index (χ2n) is 4.24. The van der Waals surface area contributed by atoms with Crippen LogP contribution in [0.5, 0.6) is 0 Å². The molecule has 0 fully saturated rings. The van der Waals surface area contributed by atoms with Gasteiger partial charge < -0.3 is 5.32 Å². The van der Waals surface area contributed by atoms with E-state index in [1.165, 1.54) is 11.8 Å². The third kappa shape index (κ3) is 2.95. The van der Waals surface area contributed by atoms with Crippen LogP contribution in [0, 0.1) is 11.3 Å². The Bertz CT molecular complexity index is 622. The van der Waals surface area contributed by atoms with Crippen LogP contribution in [-0.4, -0.2) is 11.7 Å². The van der Waals surface area contributed by atoms with Gasteiger partial charge >= 0.3 is 0 Å². The van der Waals surface area contributed by atoms with E-state index in [0.717, 1.165) is 11.3 Å². The van der Waals surface area contributed by atoms with E-state index in [-0.39, 0.29) is 18.2 Å². The van der Waals surface area contributed by atoms with Crippen LogP contribution in [0.3, 0.4) is 0 Å². The molecule has 1 heterocycles. The van der Waals surface area contributed by atoms with Crippen molar-refractivity contribution < 1.29 is 4.79 Å². The van der Waals surface area contributed by atoms with Crippen molar-refractivity contribution in [3.05, 3.63) is 44.4 Å². The van der Waals surface area contributed by atoms with E-state index in [4.69, 9.17) is 23.2 Å². The lowest BCUT2D eigenvalue weighted by atomic mass is 9.87. The molecule has 0 aromatic heterocycles. The summed E-state index contributed by atoms with van der Waals surface area (Å²) in [5.41, 5.74) is 1.26. The number of benzene rings is 1. The number of thioether (sulfide) groups is 1. The van der Waals surface area contributed by atoms with Gasteiger partial charge in [-0.2, -0.15) is 5.26 Å². The molecule has 0 unspecified atom stereocenters. The van der Waals surface area contributed by atoms with E-state index in [0.29, 0.717) is 20.6 Å². The predicted octanol–water partition coefficient (Wildman–Crippen LogP) is 4.09. The average Bonchev–Trinajstić information content (AvgIpc) is 2.42. The number of rotatable bonds is 3. The number of amides is 1. The Hall–Kier alpha value is -1.15. The highest BCUT2D eigenvalue weighted by molar-refractivity contribution is 8.03. The third-order valence-corrected chi connectivity index (χ3v) is 4.73. The van der Waals surface area contributed by atoms with Gasteiger partial charge in [0.1, 0.15) is 0 Å². The molecule has 0 spiro atoms. The first-order valence-electron chi connectivity index (χ1n) is 6.09. The standard InChI is InChI=1S/C14H12Cl2N2OS/c1-2-20-14-10(7-17)9(6-12(19)18-14)8-4-3-5-11(15)13(8)16/h3-5,9H,2,6H2,1H3,(H,18,19)/t9-/m1/s1. The molecule has 0 saturated carbocycles. The van der Waals surface area contributed by atoms with E-state index in [9.17, 15) is 10.1 Å². The highest BCUT2D eigenvalue weighted by Gasteiger charge is 2.30. The SMILES string of the molecule is CCSC1=C(C#N)[C@@H](c2cccc(Cl)c2Cl)CC(=O)N1. The van der Waals surface area contributed by atoms with Crippen molar-refractivity contribution in [1.29, 1.82) is 5.26 Å². The zero-order valence-electron chi connectivity index (χ0n) is 10.7. The second kappa shape index (κ2) is 6.53. The van der Waals surface area contributed by atoms with Gasteiger partial charge in [-0.25, -0.2) is 0 Å². The van der Waals surface area contributed by atoms with Crippen molar-refractivity contribution >= 4 is 40.9 Å². The first-order chi connectivity index (χ1) is 9.58. The normalized spacial score (nSPS) is 18.7. The first kappa shape index (κ1) is 15.2. The molecule has 1 aromatic rings. The number of nitrogens with zero attached hydrogens (tertiary/aromatic N) is 1. The molecule has 1 aromatic carbocycles. The maximum atomic E-state index is 11.8. The number of hydrogen-bond acceptors (Lipinski definition) is 3. The summed E-state index contributed by atoms with van der Waals surface area (Å²) in [7, 11) is 0. The zero-order valence-corrected chi connectivity index (χ0v) is 13.1. The fourth-order valence-electron chi connectivity index (χ4n) is 2.13. The summed E-state index contributed by atoms with van der Waals surface area (Å²) in [6.07, 6.45) is 0.205. The molecule has 0 radical (unpaired) electrons. The van der Waals surface area contributed by atoms with Gasteiger partial charge in [0, 0.05) is 12.3 Å². The number of nitriles is 1. The van der Waals surface area contributed by atoms with Crippen LogP contribution >= 0.6 is 35.0 Å². The van der Waals surface area contributed by atoms with Gasteiger partial charge in [0.05, 0.1) is 26.7 Å². The van der Waals surface area contributed by atoms with Crippen molar-refractivity contribution in [3.63, 3.8) is 0 Å². The summed E-state index contributed by atoms with van der Waals surface area (Å²) < 4.78 is 0. The largest absolute Gasteiger partial charge is 0.320 e. The van der Waals surface area contributed by atoms with Crippen molar-refractivity contribution in [2.45, 2.75) is 19.3 Å².